The van der Waals surface area contributed by atoms with Crippen molar-refractivity contribution in [2.24, 2.45) is 5.92 Å². The van der Waals surface area contributed by atoms with Crippen LogP contribution in [0, 0.1) is 5.92 Å². The van der Waals surface area contributed by atoms with Gasteiger partial charge in [-0.15, -0.1) is 0 Å². The second-order valence-corrected chi connectivity index (χ2v) is 5.27. The van der Waals surface area contributed by atoms with Crippen LogP contribution in [0.15, 0.2) is 12.1 Å². The number of aliphatic carboxylic acids is 1. The molecule has 0 bridgehead atoms. The first-order valence-corrected chi connectivity index (χ1v) is 6.26. The summed E-state index contributed by atoms with van der Waals surface area (Å²) in [5.74, 6) is -1.17. The molecule has 0 aromatic heterocycles. The van der Waals surface area contributed by atoms with Gasteiger partial charge < -0.3 is 10.4 Å². The van der Waals surface area contributed by atoms with Crippen molar-refractivity contribution < 1.29 is 9.90 Å². The van der Waals surface area contributed by atoms with Crippen molar-refractivity contribution in [2.75, 3.05) is 5.32 Å². The highest BCUT2D eigenvalue weighted by molar-refractivity contribution is 6.41. The molecule has 2 atom stereocenters. The van der Waals surface area contributed by atoms with E-state index in [0.717, 1.165) is 6.42 Å². The smallest absolute Gasteiger partial charge is 0.308 e. The second-order valence-electron chi connectivity index (χ2n) is 4.02. The summed E-state index contributed by atoms with van der Waals surface area (Å²) in [6.45, 7) is 0. The zero-order valence-electron chi connectivity index (χ0n) is 8.71. The SMILES string of the molecule is O=C(O)C1CCC1Nc1c(Cl)cc(Cl)cc1Cl. The highest BCUT2D eigenvalue weighted by Gasteiger charge is 2.37. The minimum absolute atomic E-state index is 0.122. The zero-order chi connectivity index (χ0) is 12.6. The maximum absolute atomic E-state index is 10.9. The van der Waals surface area contributed by atoms with E-state index >= 15 is 0 Å². The van der Waals surface area contributed by atoms with E-state index < -0.39 is 5.97 Å². The Labute approximate surface area is 114 Å². The Bertz CT molecular complexity index is 441. The Hall–Kier alpha value is -0.640. The summed E-state index contributed by atoms with van der Waals surface area (Å²) in [5, 5.41) is 13.3. The molecule has 2 rings (SSSR count). The average molecular weight is 295 g/mol. The molecule has 3 nitrogen and oxygen atoms in total. The molecule has 1 aliphatic rings. The molecule has 17 heavy (non-hydrogen) atoms. The topological polar surface area (TPSA) is 49.3 Å². The van der Waals surface area contributed by atoms with Gasteiger partial charge in [0.25, 0.3) is 0 Å². The minimum Gasteiger partial charge on any atom is -0.481 e. The molecule has 1 aromatic rings. The fourth-order valence-corrected chi connectivity index (χ4v) is 2.76. The number of hydrogen-bond donors (Lipinski definition) is 2. The summed E-state index contributed by atoms with van der Waals surface area (Å²) in [7, 11) is 0. The number of carbonyl (C=O) groups is 1. The monoisotopic (exact) mass is 293 g/mol. The predicted octanol–water partition coefficient (Wildman–Crippen LogP) is 3.92. The van der Waals surface area contributed by atoms with Crippen LogP contribution in [0.5, 0.6) is 0 Å². The number of carboxylic acids is 1. The van der Waals surface area contributed by atoms with Crippen molar-refractivity contribution in [3.05, 3.63) is 27.2 Å². The van der Waals surface area contributed by atoms with Gasteiger partial charge in [-0.1, -0.05) is 34.8 Å². The summed E-state index contributed by atoms with van der Waals surface area (Å²) in [4.78, 5) is 10.9. The first-order valence-electron chi connectivity index (χ1n) is 5.13. The number of rotatable bonds is 3. The molecule has 0 saturated heterocycles. The van der Waals surface area contributed by atoms with Gasteiger partial charge in [0.15, 0.2) is 0 Å². The summed E-state index contributed by atoms with van der Waals surface area (Å²) in [6.07, 6.45) is 1.47. The van der Waals surface area contributed by atoms with Crippen molar-refractivity contribution in [1.29, 1.82) is 0 Å². The highest BCUT2D eigenvalue weighted by atomic mass is 35.5. The third-order valence-electron chi connectivity index (χ3n) is 2.93. The van der Waals surface area contributed by atoms with Crippen molar-refractivity contribution in [2.45, 2.75) is 18.9 Å². The van der Waals surface area contributed by atoms with Crippen molar-refractivity contribution in [1.82, 2.24) is 0 Å². The molecule has 1 aromatic carbocycles. The minimum atomic E-state index is -0.796. The fourth-order valence-electron chi connectivity index (χ4n) is 1.83. The summed E-state index contributed by atoms with van der Waals surface area (Å²) < 4.78 is 0. The molecule has 2 N–H and O–H groups in total. The van der Waals surface area contributed by atoms with Crippen LogP contribution in [0.3, 0.4) is 0 Å². The fraction of sp³-hybridized carbons (Fsp3) is 0.364. The quantitative estimate of drug-likeness (QED) is 0.888. The van der Waals surface area contributed by atoms with E-state index in [1.54, 1.807) is 12.1 Å². The molecule has 0 heterocycles. The molecule has 92 valence electrons. The molecule has 0 radical (unpaired) electrons. The Morgan fingerprint density at radius 3 is 2.24 bits per heavy atom. The van der Waals surface area contributed by atoms with E-state index in [0.29, 0.717) is 27.2 Å². The lowest BCUT2D eigenvalue weighted by Gasteiger charge is -2.35. The van der Waals surface area contributed by atoms with Crippen LogP contribution in [0.2, 0.25) is 15.1 Å². The number of benzene rings is 1. The molecule has 6 heteroatoms. The van der Waals surface area contributed by atoms with Crippen LogP contribution < -0.4 is 5.32 Å². The lowest BCUT2D eigenvalue weighted by molar-refractivity contribution is -0.144. The number of nitrogens with one attached hydrogen (secondary N) is 1. The van der Waals surface area contributed by atoms with E-state index in [2.05, 4.69) is 5.32 Å². The van der Waals surface area contributed by atoms with Gasteiger partial charge >= 0.3 is 5.97 Å². The first kappa shape index (κ1) is 12.8. The molecular weight excluding hydrogens is 284 g/mol. The Kier molecular flexibility index (Phi) is 3.71. The maximum Gasteiger partial charge on any atom is 0.308 e. The summed E-state index contributed by atoms with van der Waals surface area (Å²) in [6, 6.07) is 3.03. The van der Waals surface area contributed by atoms with E-state index in [1.807, 2.05) is 0 Å². The van der Waals surface area contributed by atoms with E-state index in [9.17, 15) is 4.79 Å². The average Bonchev–Trinajstić information content (AvgIpc) is 2.12. The third kappa shape index (κ3) is 2.62. The molecule has 0 amide bonds. The number of hydrogen-bond acceptors (Lipinski definition) is 2. The third-order valence-corrected chi connectivity index (χ3v) is 3.74. The van der Waals surface area contributed by atoms with Crippen molar-refractivity contribution in [3.8, 4) is 0 Å². The van der Waals surface area contributed by atoms with Gasteiger partial charge in [0.2, 0.25) is 0 Å². The van der Waals surface area contributed by atoms with E-state index in [4.69, 9.17) is 39.9 Å². The Morgan fingerprint density at radius 1 is 1.24 bits per heavy atom. The van der Waals surface area contributed by atoms with Crippen LogP contribution in [0.4, 0.5) is 5.69 Å². The van der Waals surface area contributed by atoms with Crippen LogP contribution in [-0.4, -0.2) is 17.1 Å². The number of halogens is 3. The number of carboxylic acid groups (broad SMARTS) is 1. The van der Waals surface area contributed by atoms with Gasteiger partial charge in [0.1, 0.15) is 0 Å². The lowest BCUT2D eigenvalue weighted by Crippen LogP contribution is -2.43. The maximum atomic E-state index is 10.9. The second kappa shape index (κ2) is 4.92. The predicted molar refractivity (Wildman–Crippen MR) is 69.2 cm³/mol. The largest absolute Gasteiger partial charge is 0.481 e. The standard InChI is InChI=1S/C11H10Cl3NO2/c12-5-3-7(13)10(8(14)4-5)15-9-2-1-6(9)11(16)17/h3-4,6,9,15H,1-2H2,(H,16,17). The van der Waals surface area contributed by atoms with Gasteiger partial charge in [-0.05, 0) is 25.0 Å². The van der Waals surface area contributed by atoms with Crippen molar-refractivity contribution >= 4 is 46.5 Å². The summed E-state index contributed by atoms with van der Waals surface area (Å²) in [5.41, 5.74) is 0.550. The highest BCUT2D eigenvalue weighted by Crippen LogP contribution is 2.38. The van der Waals surface area contributed by atoms with Crippen LogP contribution in [0.1, 0.15) is 12.8 Å². The molecule has 1 saturated carbocycles. The number of anilines is 1. The van der Waals surface area contributed by atoms with Gasteiger partial charge in [-0.25, -0.2) is 0 Å². The van der Waals surface area contributed by atoms with Crippen LogP contribution in [-0.2, 0) is 4.79 Å². The van der Waals surface area contributed by atoms with Gasteiger partial charge in [-0.3, -0.25) is 4.79 Å². The molecule has 1 fully saturated rings. The van der Waals surface area contributed by atoms with Gasteiger partial charge in [0, 0.05) is 11.1 Å². The molecular formula is C11H10Cl3NO2. The lowest BCUT2D eigenvalue weighted by atomic mass is 9.79. The normalized spacial score (nSPS) is 23.0. The van der Waals surface area contributed by atoms with Crippen LogP contribution >= 0.6 is 34.8 Å². The Balaban J connectivity index is 2.17. The summed E-state index contributed by atoms with van der Waals surface area (Å²) >= 11 is 17.8. The van der Waals surface area contributed by atoms with E-state index in [-0.39, 0.29) is 12.0 Å². The first-order chi connectivity index (χ1) is 7.99. The van der Waals surface area contributed by atoms with Gasteiger partial charge in [-0.2, -0.15) is 0 Å². The van der Waals surface area contributed by atoms with Crippen molar-refractivity contribution in [3.63, 3.8) is 0 Å². The molecule has 2 unspecified atom stereocenters. The Morgan fingerprint density at radius 2 is 1.82 bits per heavy atom. The zero-order valence-corrected chi connectivity index (χ0v) is 11.0. The molecule has 1 aliphatic carbocycles. The van der Waals surface area contributed by atoms with Crippen LogP contribution in [0.25, 0.3) is 0 Å². The van der Waals surface area contributed by atoms with Gasteiger partial charge in [0.05, 0.1) is 21.7 Å². The molecule has 0 aliphatic heterocycles. The molecule has 0 spiro atoms. The van der Waals surface area contributed by atoms with E-state index in [1.165, 1.54) is 0 Å².